The molecule has 3 rings (SSSR count). The molecule has 0 bridgehead atoms. The Labute approximate surface area is 155 Å². The molecule has 2 aromatic carbocycles. The normalized spacial score (nSPS) is 10.4. The second kappa shape index (κ2) is 7.98. The number of ether oxygens (including phenoxy) is 1. The number of aryl methyl sites for hydroxylation is 1. The van der Waals surface area contributed by atoms with Crippen LogP contribution in [0.1, 0.15) is 12.5 Å². The van der Waals surface area contributed by atoms with E-state index in [1.807, 2.05) is 56.3 Å². The molecule has 0 atom stereocenters. The monoisotopic (exact) mass is 398 g/mol. The Bertz CT molecular complexity index is 870. The summed E-state index contributed by atoms with van der Waals surface area (Å²) in [5.41, 5.74) is 2.96. The summed E-state index contributed by atoms with van der Waals surface area (Å²) < 4.78 is 6.70. The Balaban J connectivity index is 1.78. The summed E-state index contributed by atoms with van der Waals surface area (Å²) in [5.74, 6) is 1.99. The molecule has 0 fully saturated rings. The summed E-state index contributed by atoms with van der Waals surface area (Å²) in [6.07, 6.45) is 1.71. The van der Waals surface area contributed by atoms with Crippen LogP contribution in [-0.4, -0.2) is 16.6 Å². The second-order valence-corrected chi connectivity index (χ2v) is 6.26. The zero-order chi connectivity index (χ0) is 17.6. The van der Waals surface area contributed by atoms with Crippen LogP contribution in [0.3, 0.4) is 0 Å². The molecule has 0 saturated heterocycles. The van der Waals surface area contributed by atoms with Crippen molar-refractivity contribution in [3.8, 4) is 5.75 Å². The van der Waals surface area contributed by atoms with Gasteiger partial charge in [0.1, 0.15) is 11.6 Å². The number of para-hydroxylation sites is 2. The Morgan fingerprint density at radius 2 is 1.92 bits per heavy atom. The topological polar surface area (TPSA) is 59.1 Å². The zero-order valence-corrected chi connectivity index (χ0v) is 15.7. The minimum Gasteiger partial charge on any atom is -0.492 e. The number of hydrogen-bond donors (Lipinski definition) is 2. The lowest BCUT2D eigenvalue weighted by Crippen LogP contribution is -2.02. The van der Waals surface area contributed by atoms with Crippen LogP contribution in [0.15, 0.2) is 59.2 Å². The second-order valence-electron chi connectivity index (χ2n) is 5.41. The average Bonchev–Trinajstić information content (AvgIpc) is 2.61. The van der Waals surface area contributed by atoms with Gasteiger partial charge in [0.2, 0.25) is 5.95 Å². The van der Waals surface area contributed by atoms with E-state index in [9.17, 15) is 0 Å². The minimum atomic E-state index is 0.506. The molecule has 0 aliphatic carbocycles. The highest BCUT2D eigenvalue weighted by molar-refractivity contribution is 9.10. The molecule has 0 unspecified atom stereocenters. The van der Waals surface area contributed by atoms with Crippen LogP contribution < -0.4 is 15.4 Å². The van der Waals surface area contributed by atoms with Crippen LogP contribution in [0.5, 0.6) is 5.75 Å². The molecule has 1 aromatic heterocycles. The number of nitrogens with zero attached hydrogens (tertiary/aromatic N) is 2. The summed E-state index contributed by atoms with van der Waals surface area (Å²) in [5, 5.41) is 6.50. The van der Waals surface area contributed by atoms with Gasteiger partial charge in [-0.25, -0.2) is 4.98 Å². The predicted octanol–water partition coefficient (Wildman–Crippen LogP) is 5.43. The molecular weight excluding hydrogens is 380 g/mol. The minimum absolute atomic E-state index is 0.506. The molecule has 3 aromatic rings. The summed E-state index contributed by atoms with van der Waals surface area (Å²) in [6, 6.07) is 15.6. The molecule has 25 heavy (non-hydrogen) atoms. The molecule has 0 amide bonds. The van der Waals surface area contributed by atoms with Crippen molar-refractivity contribution in [1.82, 2.24) is 9.97 Å². The zero-order valence-electron chi connectivity index (χ0n) is 14.1. The fourth-order valence-electron chi connectivity index (χ4n) is 2.33. The van der Waals surface area contributed by atoms with Crippen LogP contribution >= 0.6 is 15.9 Å². The van der Waals surface area contributed by atoms with E-state index in [1.165, 1.54) is 0 Å². The first-order valence-corrected chi connectivity index (χ1v) is 8.80. The number of rotatable bonds is 6. The number of benzene rings is 2. The third-order valence-electron chi connectivity index (χ3n) is 3.52. The highest BCUT2D eigenvalue weighted by Crippen LogP contribution is 2.27. The lowest BCUT2D eigenvalue weighted by molar-refractivity contribution is 0.342. The van der Waals surface area contributed by atoms with Gasteiger partial charge in [0.05, 0.1) is 12.3 Å². The van der Waals surface area contributed by atoms with Crippen molar-refractivity contribution >= 4 is 39.1 Å². The van der Waals surface area contributed by atoms with Crippen LogP contribution in [0, 0.1) is 6.92 Å². The van der Waals surface area contributed by atoms with Gasteiger partial charge >= 0.3 is 0 Å². The highest BCUT2D eigenvalue weighted by Gasteiger charge is 2.06. The largest absolute Gasteiger partial charge is 0.492 e. The number of hydrogen-bond acceptors (Lipinski definition) is 5. The first-order chi connectivity index (χ1) is 12.2. The summed E-state index contributed by atoms with van der Waals surface area (Å²) in [6.45, 7) is 4.61. The van der Waals surface area contributed by atoms with Gasteiger partial charge in [0, 0.05) is 16.4 Å². The summed E-state index contributed by atoms with van der Waals surface area (Å²) in [7, 11) is 0. The summed E-state index contributed by atoms with van der Waals surface area (Å²) in [4.78, 5) is 8.80. The number of aromatic nitrogens is 2. The van der Waals surface area contributed by atoms with Crippen LogP contribution in [0.2, 0.25) is 0 Å². The van der Waals surface area contributed by atoms with E-state index in [2.05, 4.69) is 42.6 Å². The van der Waals surface area contributed by atoms with Gasteiger partial charge in [-0.2, -0.15) is 4.98 Å². The quantitative estimate of drug-likeness (QED) is 0.579. The SMILES string of the molecule is CCOc1ccccc1Nc1nccc(Nc2ccc(Br)c(C)c2)n1. The van der Waals surface area contributed by atoms with Gasteiger partial charge in [-0.3, -0.25) is 0 Å². The smallest absolute Gasteiger partial charge is 0.229 e. The standard InChI is InChI=1S/C19H19BrN4O/c1-3-25-17-7-5-4-6-16(17)23-19-21-11-10-18(24-19)22-14-8-9-15(20)13(2)12-14/h4-12H,3H2,1-2H3,(H2,21,22,23,24). The average molecular weight is 399 g/mol. The number of nitrogens with one attached hydrogen (secondary N) is 2. The van der Waals surface area contributed by atoms with Crippen molar-refractivity contribution in [2.75, 3.05) is 17.2 Å². The van der Waals surface area contributed by atoms with Gasteiger partial charge in [0.25, 0.3) is 0 Å². The fourth-order valence-corrected chi connectivity index (χ4v) is 2.58. The Morgan fingerprint density at radius 3 is 2.72 bits per heavy atom. The molecular formula is C19H19BrN4O. The lowest BCUT2D eigenvalue weighted by Gasteiger charge is -2.12. The van der Waals surface area contributed by atoms with E-state index in [4.69, 9.17) is 4.74 Å². The third-order valence-corrected chi connectivity index (χ3v) is 4.41. The van der Waals surface area contributed by atoms with E-state index in [0.717, 1.165) is 27.2 Å². The van der Waals surface area contributed by atoms with Crippen molar-refractivity contribution in [2.24, 2.45) is 0 Å². The van der Waals surface area contributed by atoms with Crippen LogP contribution in [0.25, 0.3) is 0 Å². The van der Waals surface area contributed by atoms with Crippen LogP contribution in [0.4, 0.5) is 23.1 Å². The van der Waals surface area contributed by atoms with Crippen molar-refractivity contribution in [3.63, 3.8) is 0 Å². The van der Waals surface area contributed by atoms with Gasteiger partial charge < -0.3 is 15.4 Å². The first kappa shape index (κ1) is 17.2. The van der Waals surface area contributed by atoms with E-state index >= 15 is 0 Å². The number of halogens is 1. The Kier molecular flexibility index (Phi) is 5.50. The lowest BCUT2D eigenvalue weighted by atomic mass is 10.2. The van der Waals surface area contributed by atoms with Crippen molar-refractivity contribution in [3.05, 3.63) is 64.8 Å². The van der Waals surface area contributed by atoms with Crippen molar-refractivity contribution in [2.45, 2.75) is 13.8 Å². The van der Waals surface area contributed by atoms with E-state index < -0.39 is 0 Å². The molecule has 0 saturated carbocycles. The van der Waals surface area contributed by atoms with Crippen LogP contribution in [-0.2, 0) is 0 Å². The predicted molar refractivity (Wildman–Crippen MR) is 105 cm³/mol. The molecule has 2 N–H and O–H groups in total. The first-order valence-electron chi connectivity index (χ1n) is 8.01. The van der Waals surface area contributed by atoms with E-state index in [1.54, 1.807) is 6.20 Å². The van der Waals surface area contributed by atoms with Gasteiger partial charge in [0.15, 0.2) is 0 Å². The molecule has 0 radical (unpaired) electrons. The van der Waals surface area contributed by atoms with Gasteiger partial charge in [-0.15, -0.1) is 0 Å². The molecule has 0 spiro atoms. The molecule has 0 aliphatic heterocycles. The fraction of sp³-hybridized carbons (Fsp3) is 0.158. The maximum Gasteiger partial charge on any atom is 0.229 e. The van der Waals surface area contributed by atoms with E-state index in [-0.39, 0.29) is 0 Å². The van der Waals surface area contributed by atoms with Gasteiger partial charge in [-0.05, 0) is 55.8 Å². The maximum atomic E-state index is 5.62. The van der Waals surface area contributed by atoms with Crippen molar-refractivity contribution < 1.29 is 4.74 Å². The highest BCUT2D eigenvalue weighted by atomic mass is 79.9. The Morgan fingerprint density at radius 1 is 1.08 bits per heavy atom. The molecule has 1 heterocycles. The molecule has 128 valence electrons. The van der Waals surface area contributed by atoms with Gasteiger partial charge in [-0.1, -0.05) is 28.1 Å². The summed E-state index contributed by atoms with van der Waals surface area (Å²) >= 11 is 3.51. The third kappa shape index (κ3) is 4.48. The molecule has 6 heteroatoms. The molecule has 0 aliphatic rings. The maximum absolute atomic E-state index is 5.62. The number of anilines is 4. The molecule has 5 nitrogen and oxygen atoms in total. The Hall–Kier alpha value is -2.60. The van der Waals surface area contributed by atoms with E-state index in [0.29, 0.717) is 18.4 Å². The van der Waals surface area contributed by atoms with Crippen molar-refractivity contribution in [1.29, 1.82) is 0 Å².